The van der Waals surface area contributed by atoms with Gasteiger partial charge in [0, 0.05) is 18.8 Å². The fraction of sp³-hybridized carbons (Fsp3) is 0.462. The number of benzene rings is 1. The number of hydrogen-bond acceptors (Lipinski definition) is 3. The first-order valence-corrected chi connectivity index (χ1v) is 7.52. The molecule has 0 bridgehead atoms. The van der Waals surface area contributed by atoms with Crippen LogP contribution in [0.3, 0.4) is 0 Å². The Labute approximate surface area is 120 Å². The number of halogens is 2. The summed E-state index contributed by atoms with van der Waals surface area (Å²) in [5.41, 5.74) is 0.0858. The largest absolute Gasteiger partial charge is 0.376 e. The maximum atomic E-state index is 13.5. The van der Waals surface area contributed by atoms with E-state index in [0.717, 1.165) is 36.7 Å². The number of hydrogen-bond donors (Lipinski definition) is 2. The summed E-state index contributed by atoms with van der Waals surface area (Å²) in [5, 5.41) is 5.02. The molecule has 1 unspecified atom stereocenters. The van der Waals surface area contributed by atoms with Crippen LogP contribution in [0.5, 0.6) is 0 Å². The molecule has 0 spiro atoms. The highest BCUT2D eigenvalue weighted by molar-refractivity contribution is 7.98. The highest BCUT2D eigenvalue weighted by Crippen LogP contribution is 2.26. The third-order valence-corrected chi connectivity index (χ3v) is 3.77. The maximum absolute atomic E-state index is 13.5. The molecule has 1 aliphatic heterocycles. The Balaban J connectivity index is 1.90. The van der Waals surface area contributed by atoms with Crippen molar-refractivity contribution in [2.75, 3.05) is 24.7 Å². The minimum Gasteiger partial charge on any atom is -0.376 e. The van der Waals surface area contributed by atoms with E-state index in [-0.39, 0.29) is 16.7 Å². The van der Waals surface area contributed by atoms with Gasteiger partial charge in [-0.25, -0.2) is 13.6 Å². The molecule has 110 valence electrons. The van der Waals surface area contributed by atoms with Gasteiger partial charge in [0.2, 0.25) is 0 Å². The zero-order valence-electron chi connectivity index (χ0n) is 11.0. The normalized spacial score (nSPS) is 18.1. The minimum absolute atomic E-state index is 0.0214. The van der Waals surface area contributed by atoms with E-state index in [1.807, 2.05) is 0 Å². The van der Waals surface area contributed by atoms with Gasteiger partial charge in [-0.3, -0.25) is 0 Å². The van der Waals surface area contributed by atoms with Crippen molar-refractivity contribution in [2.24, 2.45) is 0 Å². The van der Waals surface area contributed by atoms with Gasteiger partial charge in [0.25, 0.3) is 0 Å². The quantitative estimate of drug-likeness (QED) is 0.841. The molecule has 7 heteroatoms. The molecular weight excluding hydrogens is 286 g/mol. The van der Waals surface area contributed by atoms with Crippen molar-refractivity contribution >= 4 is 23.5 Å². The summed E-state index contributed by atoms with van der Waals surface area (Å²) in [6.07, 6.45) is 3.50. The topological polar surface area (TPSA) is 50.4 Å². The lowest BCUT2D eigenvalue weighted by molar-refractivity contribution is 0.112. The number of nitrogens with one attached hydrogen (secondary N) is 2. The molecule has 1 atom stereocenters. The van der Waals surface area contributed by atoms with E-state index in [2.05, 4.69) is 10.6 Å². The predicted octanol–water partition coefficient (Wildman–Crippen LogP) is 2.99. The van der Waals surface area contributed by atoms with Crippen molar-refractivity contribution in [2.45, 2.75) is 23.8 Å². The standard InChI is InChI=1S/C13H16F2N2O2S/c1-20-12-10(14)5-8(6-11(12)15)17-13(18)16-7-9-3-2-4-19-9/h5-6,9H,2-4,7H2,1H3,(H2,16,17,18). The van der Waals surface area contributed by atoms with Crippen LogP contribution in [0, 0.1) is 11.6 Å². The lowest BCUT2D eigenvalue weighted by Gasteiger charge is -2.12. The van der Waals surface area contributed by atoms with Crippen LogP contribution in [0.15, 0.2) is 17.0 Å². The number of carbonyl (C=O) groups excluding carboxylic acids is 1. The molecule has 4 nitrogen and oxygen atoms in total. The van der Waals surface area contributed by atoms with E-state index in [1.54, 1.807) is 6.26 Å². The second-order valence-corrected chi connectivity index (χ2v) is 5.26. The first-order valence-electron chi connectivity index (χ1n) is 6.29. The first kappa shape index (κ1) is 15.1. The van der Waals surface area contributed by atoms with Crippen LogP contribution in [0.4, 0.5) is 19.3 Å². The van der Waals surface area contributed by atoms with Gasteiger partial charge in [0.15, 0.2) is 0 Å². The van der Waals surface area contributed by atoms with Crippen LogP contribution in [0.1, 0.15) is 12.8 Å². The predicted molar refractivity (Wildman–Crippen MR) is 74.1 cm³/mol. The molecule has 20 heavy (non-hydrogen) atoms. The van der Waals surface area contributed by atoms with Crippen LogP contribution in [0.25, 0.3) is 0 Å². The smallest absolute Gasteiger partial charge is 0.319 e. The van der Waals surface area contributed by atoms with Crippen LogP contribution in [-0.4, -0.2) is 31.5 Å². The van der Waals surface area contributed by atoms with Gasteiger partial charge in [-0.1, -0.05) is 0 Å². The Hall–Kier alpha value is -1.34. The van der Waals surface area contributed by atoms with E-state index < -0.39 is 17.7 Å². The van der Waals surface area contributed by atoms with Gasteiger partial charge in [0.1, 0.15) is 11.6 Å². The molecule has 1 aliphatic rings. The number of anilines is 1. The molecule has 0 aliphatic carbocycles. The lowest BCUT2D eigenvalue weighted by atomic mass is 10.2. The molecule has 2 rings (SSSR count). The molecule has 1 fully saturated rings. The minimum atomic E-state index is -0.688. The average molecular weight is 302 g/mol. The van der Waals surface area contributed by atoms with E-state index >= 15 is 0 Å². The highest BCUT2D eigenvalue weighted by Gasteiger charge is 2.16. The fourth-order valence-electron chi connectivity index (χ4n) is 2.01. The van der Waals surface area contributed by atoms with Gasteiger partial charge in [-0.15, -0.1) is 11.8 Å². The summed E-state index contributed by atoms with van der Waals surface area (Å²) in [7, 11) is 0. The molecule has 2 N–H and O–H groups in total. The van der Waals surface area contributed by atoms with Crippen LogP contribution >= 0.6 is 11.8 Å². The number of carbonyl (C=O) groups is 1. The van der Waals surface area contributed by atoms with E-state index in [1.165, 1.54) is 0 Å². The second kappa shape index (κ2) is 6.90. The lowest BCUT2D eigenvalue weighted by Crippen LogP contribution is -2.35. The van der Waals surface area contributed by atoms with Gasteiger partial charge < -0.3 is 15.4 Å². The van der Waals surface area contributed by atoms with E-state index in [4.69, 9.17) is 4.74 Å². The molecule has 1 heterocycles. The first-order chi connectivity index (χ1) is 9.60. The molecule has 2 amide bonds. The Morgan fingerprint density at radius 3 is 2.70 bits per heavy atom. The summed E-state index contributed by atoms with van der Waals surface area (Å²) in [4.78, 5) is 11.6. The van der Waals surface area contributed by atoms with Crippen molar-refractivity contribution in [3.05, 3.63) is 23.8 Å². The second-order valence-electron chi connectivity index (χ2n) is 4.44. The van der Waals surface area contributed by atoms with Crippen molar-refractivity contribution in [3.63, 3.8) is 0 Å². The number of rotatable bonds is 4. The van der Waals surface area contributed by atoms with Crippen LogP contribution < -0.4 is 10.6 Å². The van der Waals surface area contributed by atoms with Gasteiger partial charge in [0.05, 0.1) is 11.0 Å². The number of amides is 2. The monoisotopic (exact) mass is 302 g/mol. The summed E-state index contributed by atoms with van der Waals surface area (Å²) in [5.74, 6) is -1.38. The Morgan fingerprint density at radius 2 is 2.15 bits per heavy atom. The Bertz CT molecular complexity index is 470. The van der Waals surface area contributed by atoms with Crippen molar-refractivity contribution < 1.29 is 18.3 Å². The van der Waals surface area contributed by atoms with Gasteiger partial charge >= 0.3 is 6.03 Å². The highest BCUT2D eigenvalue weighted by atomic mass is 32.2. The van der Waals surface area contributed by atoms with Crippen molar-refractivity contribution in [1.29, 1.82) is 0 Å². The van der Waals surface area contributed by atoms with Crippen molar-refractivity contribution in [3.8, 4) is 0 Å². The maximum Gasteiger partial charge on any atom is 0.319 e. The Kier molecular flexibility index (Phi) is 5.19. The summed E-state index contributed by atoms with van der Waals surface area (Å²) in [6.45, 7) is 1.10. The van der Waals surface area contributed by atoms with Crippen LogP contribution in [0.2, 0.25) is 0 Å². The number of urea groups is 1. The molecule has 0 aromatic heterocycles. The summed E-state index contributed by atoms with van der Waals surface area (Å²) >= 11 is 0.982. The zero-order chi connectivity index (χ0) is 14.5. The average Bonchev–Trinajstić information content (AvgIpc) is 2.89. The van der Waals surface area contributed by atoms with Gasteiger partial charge in [-0.05, 0) is 31.2 Å². The summed E-state index contributed by atoms with van der Waals surface area (Å²) < 4.78 is 32.4. The molecule has 1 aromatic rings. The molecule has 0 saturated carbocycles. The third-order valence-electron chi connectivity index (χ3n) is 2.97. The molecule has 1 saturated heterocycles. The van der Waals surface area contributed by atoms with E-state index in [0.29, 0.717) is 13.2 Å². The fourth-order valence-corrected chi connectivity index (χ4v) is 2.52. The zero-order valence-corrected chi connectivity index (χ0v) is 11.9. The SMILES string of the molecule is CSc1c(F)cc(NC(=O)NCC2CCCO2)cc1F. The van der Waals surface area contributed by atoms with Crippen LogP contribution in [-0.2, 0) is 4.74 Å². The number of ether oxygens (including phenoxy) is 1. The molecular formula is C13H16F2N2O2S. The molecule has 0 radical (unpaired) electrons. The third kappa shape index (κ3) is 3.83. The Morgan fingerprint density at radius 1 is 1.45 bits per heavy atom. The molecule has 1 aromatic carbocycles. The van der Waals surface area contributed by atoms with Gasteiger partial charge in [-0.2, -0.15) is 0 Å². The number of thioether (sulfide) groups is 1. The summed E-state index contributed by atoms with van der Waals surface area (Å²) in [6, 6.07) is 1.69. The van der Waals surface area contributed by atoms with E-state index in [9.17, 15) is 13.6 Å². The van der Waals surface area contributed by atoms with Crippen molar-refractivity contribution in [1.82, 2.24) is 5.32 Å².